The summed E-state index contributed by atoms with van der Waals surface area (Å²) in [6, 6.07) is 6.75. The molecule has 0 saturated carbocycles. The van der Waals surface area contributed by atoms with Crippen LogP contribution in [0.2, 0.25) is 0 Å². The van der Waals surface area contributed by atoms with Gasteiger partial charge in [-0.3, -0.25) is 9.88 Å². The maximum atomic E-state index is 4.53. The molecule has 0 amide bonds. The van der Waals surface area contributed by atoms with Crippen molar-refractivity contribution in [2.75, 3.05) is 13.1 Å². The van der Waals surface area contributed by atoms with Crippen LogP contribution in [0.15, 0.2) is 36.8 Å². The van der Waals surface area contributed by atoms with Gasteiger partial charge >= 0.3 is 0 Å². The van der Waals surface area contributed by atoms with Gasteiger partial charge in [-0.15, -0.1) is 0 Å². The van der Waals surface area contributed by atoms with Crippen LogP contribution in [0.1, 0.15) is 36.8 Å². The van der Waals surface area contributed by atoms with Gasteiger partial charge in [-0.2, -0.15) is 0 Å². The van der Waals surface area contributed by atoms with E-state index in [0.717, 1.165) is 18.9 Å². The van der Waals surface area contributed by atoms with E-state index in [4.69, 9.17) is 0 Å². The summed E-state index contributed by atoms with van der Waals surface area (Å²) in [5.74, 6) is 1.10. The van der Waals surface area contributed by atoms with E-state index in [0.29, 0.717) is 6.04 Å². The predicted molar refractivity (Wildman–Crippen MR) is 79.4 cm³/mol. The predicted octanol–water partition coefficient (Wildman–Crippen LogP) is 2.81. The highest BCUT2D eigenvalue weighted by atomic mass is 15.2. The van der Waals surface area contributed by atoms with E-state index in [1.54, 1.807) is 0 Å². The Morgan fingerprint density at radius 1 is 1.20 bits per heavy atom. The van der Waals surface area contributed by atoms with Gasteiger partial charge in [-0.25, -0.2) is 4.98 Å². The molecule has 1 fully saturated rings. The van der Waals surface area contributed by atoms with Gasteiger partial charge in [0, 0.05) is 31.7 Å². The summed E-state index contributed by atoms with van der Waals surface area (Å²) in [7, 11) is 0. The lowest BCUT2D eigenvalue weighted by atomic mass is 10.1. The number of aromatic nitrogens is 3. The minimum atomic E-state index is 0.514. The second-order valence-corrected chi connectivity index (χ2v) is 5.47. The highest BCUT2D eigenvalue weighted by Crippen LogP contribution is 2.30. The number of hydrogen-bond donors (Lipinski definition) is 0. The average Bonchev–Trinajstić information content (AvgIpc) is 3.10. The normalized spacial score (nSPS) is 19.6. The Hall–Kier alpha value is -1.68. The Kier molecular flexibility index (Phi) is 4.11. The van der Waals surface area contributed by atoms with Gasteiger partial charge < -0.3 is 4.57 Å². The Morgan fingerprint density at radius 2 is 2.15 bits per heavy atom. The van der Waals surface area contributed by atoms with Crippen LogP contribution in [0.25, 0.3) is 0 Å². The lowest BCUT2D eigenvalue weighted by Crippen LogP contribution is -2.25. The van der Waals surface area contributed by atoms with Gasteiger partial charge in [0.2, 0.25) is 0 Å². The molecule has 1 aliphatic rings. The Labute approximate surface area is 120 Å². The second-order valence-electron chi connectivity index (χ2n) is 5.47. The largest absolute Gasteiger partial charge is 0.335 e. The van der Waals surface area contributed by atoms with Crippen molar-refractivity contribution >= 4 is 0 Å². The Morgan fingerprint density at radius 3 is 2.90 bits per heavy atom. The molecule has 0 bridgehead atoms. The number of hydrogen-bond acceptors (Lipinski definition) is 3. The molecule has 0 aromatic carbocycles. The van der Waals surface area contributed by atoms with Crippen molar-refractivity contribution in [3.05, 3.63) is 48.3 Å². The number of pyridine rings is 1. The first-order valence-electron chi connectivity index (χ1n) is 7.47. The summed E-state index contributed by atoms with van der Waals surface area (Å²) < 4.78 is 2.23. The molecule has 2 aromatic rings. The van der Waals surface area contributed by atoms with E-state index < -0.39 is 0 Å². The van der Waals surface area contributed by atoms with Crippen LogP contribution in [0.5, 0.6) is 0 Å². The molecule has 4 nitrogen and oxygen atoms in total. The third-order valence-electron chi connectivity index (χ3n) is 4.16. The third-order valence-corrected chi connectivity index (χ3v) is 4.16. The van der Waals surface area contributed by atoms with E-state index in [1.807, 2.05) is 18.5 Å². The van der Waals surface area contributed by atoms with Crippen LogP contribution >= 0.6 is 0 Å². The molecule has 20 heavy (non-hydrogen) atoms. The number of likely N-dealkylation sites (tertiary alicyclic amines) is 1. The maximum Gasteiger partial charge on any atom is 0.105 e. The summed E-state index contributed by atoms with van der Waals surface area (Å²) in [6.45, 7) is 5.45. The zero-order chi connectivity index (χ0) is 13.8. The van der Waals surface area contributed by atoms with Crippen LogP contribution in [0.3, 0.4) is 0 Å². The minimum Gasteiger partial charge on any atom is -0.335 e. The van der Waals surface area contributed by atoms with Crippen molar-refractivity contribution in [2.45, 2.75) is 38.8 Å². The quantitative estimate of drug-likeness (QED) is 0.838. The van der Waals surface area contributed by atoms with Crippen LogP contribution in [-0.2, 0) is 6.54 Å². The van der Waals surface area contributed by atoms with Gasteiger partial charge in [0.25, 0.3) is 0 Å². The lowest BCUT2D eigenvalue weighted by Gasteiger charge is -2.24. The molecular weight excluding hydrogens is 248 g/mol. The van der Waals surface area contributed by atoms with Crippen LogP contribution in [-0.4, -0.2) is 32.5 Å². The molecule has 106 valence electrons. The molecule has 2 aromatic heterocycles. The smallest absolute Gasteiger partial charge is 0.105 e. The molecule has 0 radical (unpaired) electrons. The Balaban J connectivity index is 1.56. The monoisotopic (exact) mass is 270 g/mol. The highest BCUT2D eigenvalue weighted by molar-refractivity contribution is 5.10. The lowest BCUT2D eigenvalue weighted by molar-refractivity contribution is 0.245. The van der Waals surface area contributed by atoms with E-state index in [1.165, 1.54) is 31.5 Å². The maximum absolute atomic E-state index is 4.53. The summed E-state index contributed by atoms with van der Waals surface area (Å²) >= 11 is 0. The van der Waals surface area contributed by atoms with Crippen molar-refractivity contribution in [2.24, 2.45) is 0 Å². The molecule has 1 atom stereocenters. The standard InChI is InChI=1S/C16H22N4/c1-14-17-9-13-19(14)11-5-12-20-10-4-7-16(20)15-6-2-3-8-18-15/h2-3,6,8-9,13,16H,4-5,7,10-12H2,1H3/t16-/m0/s1. The molecule has 0 aliphatic carbocycles. The molecule has 1 saturated heterocycles. The average molecular weight is 270 g/mol. The topological polar surface area (TPSA) is 34.0 Å². The van der Waals surface area contributed by atoms with Crippen LogP contribution in [0.4, 0.5) is 0 Å². The van der Waals surface area contributed by atoms with Crippen molar-refractivity contribution in [1.82, 2.24) is 19.4 Å². The fourth-order valence-corrected chi connectivity index (χ4v) is 3.09. The van der Waals surface area contributed by atoms with Gasteiger partial charge in [0.05, 0.1) is 11.7 Å². The number of imidazole rings is 1. The molecule has 0 N–H and O–H groups in total. The van der Waals surface area contributed by atoms with Crippen LogP contribution in [0, 0.1) is 6.92 Å². The van der Waals surface area contributed by atoms with Crippen molar-refractivity contribution in [1.29, 1.82) is 0 Å². The molecular formula is C16H22N4. The number of aryl methyl sites for hydroxylation is 2. The van der Waals surface area contributed by atoms with E-state index in [2.05, 4.69) is 44.7 Å². The molecule has 3 heterocycles. The van der Waals surface area contributed by atoms with Gasteiger partial charge in [-0.05, 0) is 44.9 Å². The fraction of sp³-hybridized carbons (Fsp3) is 0.500. The van der Waals surface area contributed by atoms with Crippen molar-refractivity contribution in [3.8, 4) is 0 Å². The van der Waals surface area contributed by atoms with Crippen molar-refractivity contribution in [3.63, 3.8) is 0 Å². The zero-order valence-corrected chi connectivity index (χ0v) is 12.1. The Bertz CT molecular complexity index is 534. The summed E-state index contributed by atoms with van der Waals surface area (Å²) in [6.07, 6.45) is 9.53. The van der Waals surface area contributed by atoms with E-state index in [-0.39, 0.29) is 0 Å². The van der Waals surface area contributed by atoms with Gasteiger partial charge in [0.15, 0.2) is 0 Å². The minimum absolute atomic E-state index is 0.514. The fourth-order valence-electron chi connectivity index (χ4n) is 3.09. The SMILES string of the molecule is Cc1nccn1CCCN1CCC[C@H]1c1ccccn1. The molecule has 3 rings (SSSR count). The third kappa shape index (κ3) is 2.90. The first-order valence-corrected chi connectivity index (χ1v) is 7.47. The van der Waals surface area contributed by atoms with E-state index in [9.17, 15) is 0 Å². The highest BCUT2D eigenvalue weighted by Gasteiger charge is 2.26. The summed E-state index contributed by atoms with van der Waals surface area (Å²) in [4.78, 5) is 11.4. The zero-order valence-electron chi connectivity index (χ0n) is 12.1. The molecule has 0 spiro atoms. The van der Waals surface area contributed by atoms with Gasteiger partial charge in [0.1, 0.15) is 5.82 Å². The summed E-state index contributed by atoms with van der Waals surface area (Å²) in [5, 5.41) is 0. The molecule has 4 heteroatoms. The number of rotatable bonds is 5. The summed E-state index contributed by atoms with van der Waals surface area (Å²) in [5.41, 5.74) is 1.23. The second kappa shape index (κ2) is 6.18. The van der Waals surface area contributed by atoms with Crippen molar-refractivity contribution < 1.29 is 0 Å². The molecule has 1 aliphatic heterocycles. The van der Waals surface area contributed by atoms with E-state index >= 15 is 0 Å². The van der Waals surface area contributed by atoms with Gasteiger partial charge in [-0.1, -0.05) is 6.07 Å². The first kappa shape index (κ1) is 13.3. The number of nitrogens with zero attached hydrogens (tertiary/aromatic N) is 4. The first-order chi connectivity index (χ1) is 9.84. The van der Waals surface area contributed by atoms with Crippen LogP contribution < -0.4 is 0 Å². The molecule has 0 unspecified atom stereocenters.